The molecular weight excluding hydrogens is 335 g/mol. The molecule has 6 heteroatoms. The fourth-order valence-electron chi connectivity index (χ4n) is 3.27. The lowest BCUT2D eigenvalue weighted by Gasteiger charge is -2.17. The molecule has 26 heavy (non-hydrogen) atoms. The molecule has 1 fully saturated rings. The van der Waals surface area contributed by atoms with Gasteiger partial charge in [-0.05, 0) is 35.7 Å². The van der Waals surface area contributed by atoms with Crippen LogP contribution in [0.4, 0.5) is 9.18 Å². The maximum absolute atomic E-state index is 13.6. The molecule has 1 amide bonds. The normalized spacial score (nSPS) is 17.1. The number of nitrogens with one attached hydrogen (secondary N) is 1. The molecule has 1 unspecified atom stereocenters. The number of ether oxygens (including phenoxy) is 2. The number of halogens is 1. The van der Waals surface area contributed by atoms with Crippen LogP contribution < -0.4 is 10.1 Å². The van der Waals surface area contributed by atoms with E-state index in [1.165, 1.54) is 24.8 Å². The smallest absolute Gasteiger partial charge is 0.407 e. The molecule has 0 aromatic heterocycles. The van der Waals surface area contributed by atoms with Gasteiger partial charge in [-0.3, -0.25) is 4.90 Å². The molecule has 1 atom stereocenters. The van der Waals surface area contributed by atoms with Crippen LogP contribution in [0.5, 0.6) is 5.75 Å². The van der Waals surface area contributed by atoms with Crippen molar-refractivity contribution in [3.05, 3.63) is 53.8 Å². The summed E-state index contributed by atoms with van der Waals surface area (Å²) in [5, 5.41) is 2.84. The van der Waals surface area contributed by atoms with Gasteiger partial charge in [0, 0.05) is 31.2 Å². The summed E-state index contributed by atoms with van der Waals surface area (Å²) in [5.74, 6) is 0.363. The molecule has 0 spiro atoms. The minimum atomic E-state index is -0.384. The fourth-order valence-corrected chi connectivity index (χ4v) is 3.27. The molecular formula is C20H23FN2O3. The van der Waals surface area contributed by atoms with E-state index in [1.54, 1.807) is 13.2 Å². The van der Waals surface area contributed by atoms with Gasteiger partial charge >= 0.3 is 6.09 Å². The molecule has 2 aromatic rings. The number of methoxy groups -OCH3 is 2. The Balaban J connectivity index is 1.64. The van der Waals surface area contributed by atoms with Crippen molar-refractivity contribution in [1.82, 2.24) is 10.2 Å². The van der Waals surface area contributed by atoms with Gasteiger partial charge in [0.15, 0.2) is 0 Å². The molecule has 0 saturated carbocycles. The summed E-state index contributed by atoms with van der Waals surface area (Å²) in [7, 11) is 2.95. The van der Waals surface area contributed by atoms with Gasteiger partial charge in [0.1, 0.15) is 11.6 Å². The van der Waals surface area contributed by atoms with Crippen molar-refractivity contribution in [3.8, 4) is 16.9 Å². The summed E-state index contributed by atoms with van der Waals surface area (Å²) >= 11 is 0. The molecule has 2 aromatic carbocycles. The van der Waals surface area contributed by atoms with Crippen molar-refractivity contribution >= 4 is 6.09 Å². The van der Waals surface area contributed by atoms with E-state index in [0.717, 1.165) is 37.2 Å². The number of nitrogens with zero attached hydrogens (tertiary/aromatic N) is 1. The molecule has 3 rings (SSSR count). The van der Waals surface area contributed by atoms with Crippen LogP contribution in [-0.2, 0) is 11.3 Å². The molecule has 1 heterocycles. The third kappa shape index (κ3) is 4.32. The van der Waals surface area contributed by atoms with Crippen LogP contribution in [0.3, 0.4) is 0 Å². The Kier molecular flexibility index (Phi) is 5.73. The highest BCUT2D eigenvalue weighted by molar-refractivity contribution is 5.70. The fraction of sp³-hybridized carbons (Fsp3) is 0.350. The zero-order chi connectivity index (χ0) is 18.5. The standard InChI is InChI=1S/C20H23FN2O3/c1-25-19-8-7-16(21)11-18(19)15-5-3-14(4-6-15)12-23-10-9-17(13-23)22-20(24)26-2/h3-8,11,17H,9-10,12-13H2,1-2H3,(H,22,24). The Hall–Kier alpha value is -2.60. The lowest BCUT2D eigenvalue weighted by Crippen LogP contribution is -2.36. The maximum atomic E-state index is 13.6. The lowest BCUT2D eigenvalue weighted by atomic mass is 10.0. The lowest BCUT2D eigenvalue weighted by molar-refractivity contribution is 0.166. The third-order valence-corrected chi connectivity index (χ3v) is 4.61. The number of likely N-dealkylation sites (tertiary alicyclic amines) is 1. The number of hydrogen-bond acceptors (Lipinski definition) is 4. The summed E-state index contributed by atoms with van der Waals surface area (Å²) in [6.45, 7) is 2.53. The first kappa shape index (κ1) is 18.2. The second-order valence-corrected chi connectivity index (χ2v) is 6.40. The van der Waals surface area contributed by atoms with Gasteiger partial charge in [-0.2, -0.15) is 0 Å². The average molecular weight is 358 g/mol. The highest BCUT2D eigenvalue weighted by atomic mass is 19.1. The Labute approximate surface area is 152 Å². The first-order valence-corrected chi connectivity index (χ1v) is 8.58. The van der Waals surface area contributed by atoms with E-state index in [9.17, 15) is 9.18 Å². The Morgan fingerprint density at radius 2 is 2.00 bits per heavy atom. The largest absolute Gasteiger partial charge is 0.496 e. The van der Waals surface area contributed by atoms with Crippen LogP contribution in [0.1, 0.15) is 12.0 Å². The van der Waals surface area contributed by atoms with Crippen LogP contribution in [0.15, 0.2) is 42.5 Å². The van der Waals surface area contributed by atoms with Gasteiger partial charge in [-0.25, -0.2) is 9.18 Å². The Morgan fingerprint density at radius 1 is 1.23 bits per heavy atom. The van der Waals surface area contributed by atoms with E-state index >= 15 is 0 Å². The van der Waals surface area contributed by atoms with Crippen LogP contribution in [0.2, 0.25) is 0 Å². The summed E-state index contributed by atoms with van der Waals surface area (Å²) in [6.07, 6.45) is 0.526. The van der Waals surface area contributed by atoms with E-state index < -0.39 is 0 Å². The van der Waals surface area contributed by atoms with Gasteiger partial charge in [0.2, 0.25) is 0 Å². The van der Waals surface area contributed by atoms with Crippen molar-refractivity contribution < 1.29 is 18.7 Å². The second-order valence-electron chi connectivity index (χ2n) is 6.40. The molecule has 1 N–H and O–H groups in total. The Morgan fingerprint density at radius 3 is 2.69 bits per heavy atom. The van der Waals surface area contributed by atoms with E-state index in [2.05, 4.69) is 15.0 Å². The zero-order valence-corrected chi connectivity index (χ0v) is 15.0. The van der Waals surface area contributed by atoms with E-state index in [1.807, 2.05) is 24.3 Å². The Bertz CT molecular complexity index is 764. The van der Waals surface area contributed by atoms with Crippen molar-refractivity contribution in [2.24, 2.45) is 0 Å². The van der Waals surface area contributed by atoms with Crippen LogP contribution in [-0.4, -0.2) is 44.3 Å². The highest BCUT2D eigenvalue weighted by Crippen LogP contribution is 2.31. The summed E-state index contributed by atoms with van der Waals surface area (Å²) in [6, 6.07) is 12.7. The number of alkyl carbamates (subject to hydrolysis) is 1. The number of benzene rings is 2. The summed E-state index contributed by atoms with van der Waals surface area (Å²) in [5.41, 5.74) is 2.82. The molecule has 5 nitrogen and oxygen atoms in total. The predicted molar refractivity (Wildman–Crippen MR) is 97.6 cm³/mol. The minimum absolute atomic E-state index is 0.123. The van der Waals surface area contributed by atoms with Gasteiger partial charge < -0.3 is 14.8 Å². The monoisotopic (exact) mass is 358 g/mol. The summed E-state index contributed by atoms with van der Waals surface area (Å²) in [4.78, 5) is 13.6. The predicted octanol–water partition coefficient (Wildman–Crippen LogP) is 3.43. The quantitative estimate of drug-likeness (QED) is 0.890. The molecule has 1 aliphatic heterocycles. The average Bonchev–Trinajstić information content (AvgIpc) is 3.09. The van der Waals surface area contributed by atoms with Gasteiger partial charge in [-0.15, -0.1) is 0 Å². The molecule has 0 aliphatic carbocycles. The van der Waals surface area contributed by atoms with Gasteiger partial charge in [-0.1, -0.05) is 24.3 Å². The van der Waals surface area contributed by atoms with Crippen molar-refractivity contribution in [1.29, 1.82) is 0 Å². The molecule has 1 saturated heterocycles. The van der Waals surface area contributed by atoms with E-state index in [4.69, 9.17) is 4.74 Å². The van der Waals surface area contributed by atoms with E-state index in [0.29, 0.717) is 5.75 Å². The summed E-state index contributed by atoms with van der Waals surface area (Å²) < 4.78 is 23.5. The van der Waals surface area contributed by atoms with E-state index in [-0.39, 0.29) is 18.0 Å². The maximum Gasteiger partial charge on any atom is 0.407 e. The minimum Gasteiger partial charge on any atom is -0.496 e. The first-order valence-electron chi connectivity index (χ1n) is 8.58. The first-order chi connectivity index (χ1) is 12.6. The zero-order valence-electron chi connectivity index (χ0n) is 15.0. The third-order valence-electron chi connectivity index (χ3n) is 4.61. The molecule has 0 radical (unpaired) electrons. The number of hydrogen-bond donors (Lipinski definition) is 1. The van der Waals surface area contributed by atoms with Gasteiger partial charge in [0.25, 0.3) is 0 Å². The van der Waals surface area contributed by atoms with Crippen molar-refractivity contribution in [2.75, 3.05) is 27.3 Å². The van der Waals surface area contributed by atoms with Gasteiger partial charge in [0.05, 0.1) is 14.2 Å². The van der Waals surface area contributed by atoms with Crippen LogP contribution in [0.25, 0.3) is 11.1 Å². The van der Waals surface area contributed by atoms with Crippen LogP contribution in [0, 0.1) is 5.82 Å². The van der Waals surface area contributed by atoms with Crippen molar-refractivity contribution in [3.63, 3.8) is 0 Å². The molecule has 0 bridgehead atoms. The number of carbonyl (C=O) groups excluding carboxylic acids is 1. The number of carbonyl (C=O) groups is 1. The number of rotatable bonds is 5. The second kappa shape index (κ2) is 8.19. The topological polar surface area (TPSA) is 50.8 Å². The molecule has 1 aliphatic rings. The van der Waals surface area contributed by atoms with Crippen molar-refractivity contribution in [2.45, 2.75) is 19.0 Å². The molecule has 138 valence electrons. The highest BCUT2D eigenvalue weighted by Gasteiger charge is 2.24. The number of amides is 1. The van der Waals surface area contributed by atoms with Crippen LogP contribution >= 0.6 is 0 Å². The SMILES string of the molecule is COC(=O)NC1CCN(Cc2ccc(-c3cc(F)ccc3OC)cc2)C1.